The number of hydrogen-bond donors (Lipinski definition) is 2. The van der Waals surface area contributed by atoms with Gasteiger partial charge in [-0.3, -0.25) is 14.3 Å². The highest BCUT2D eigenvalue weighted by atomic mass is 16.4. The molecule has 0 unspecified atom stereocenters. The van der Waals surface area contributed by atoms with Crippen LogP contribution in [0.15, 0.2) is 12.4 Å². The molecule has 17 heavy (non-hydrogen) atoms. The van der Waals surface area contributed by atoms with Gasteiger partial charge in [0.2, 0.25) is 5.91 Å². The second kappa shape index (κ2) is 6.67. The molecule has 0 aliphatic carbocycles. The molecule has 0 aromatic carbocycles. The van der Waals surface area contributed by atoms with Gasteiger partial charge >= 0.3 is 5.97 Å². The summed E-state index contributed by atoms with van der Waals surface area (Å²) in [6.07, 6.45) is 4.23. The number of carboxylic acids is 1. The zero-order valence-electron chi connectivity index (χ0n) is 9.85. The van der Waals surface area contributed by atoms with Crippen LogP contribution in [0.5, 0.6) is 0 Å². The van der Waals surface area contributed by atoms with Crippen LogP contribution < -0.4 is 5.32 Å². The molecule has 1 heterocycles. The minimum Gasteiger partial charge on any atom is -0.481 e. The van der Waals surface area contributed by atoms with E-state index in [-0.39, 0.29) is 18.7 Å². The van der Waals surface area contributed by atoms with E-state index in [2.05, 4.69) is 10.4 Å². The summed E-state index contributed by atoms with van der Waals surface area (Å²) in [5.41, 5.74) is 0.943. The van der Waals surface area contributed by atoms with Gasteiger partial charge in [-0.15, -0.1) is 0 Å². The number of rotatable bonds is 7. The molecule has 0 fully saturated rings. The lowest BCUT2D eigenvalue weighted by molar-refractivity contribution is -0.137. The summed E-state index contributed by atoms with van der Waals surface area (Å²) in [5, 5.41) is 15.2. The van der Waals surface area contributed by atoms with Crippen molar-refractivity contribution in [2.45, 2.75) is 39.3 Å². The van der Waals surface area contributed by atoms with Crippen LogP contribution in [0.4, 0.5) is 0 Å². The van der Waals surface area contributed by atoms with Gasteiger partial charge < -0.3 is 10.4 Å². The molecule has 0 aliphatic heterocycles. The molecule has 1 amide bonds. The molecule has 1 aromatic rings. The van der Waals surface area contributed by atoms with Gasteiger partial charge in [-0.1, -0.05) is 0 Å². The van der Waals surface area contributed by atoms with Crippen LogP contribution in [0, 0.1) is 0 Å². The normalized spacial score (nSPS) is 10.2. The molecule has 2 N–H and O–H groups in total. The van der Waals surface area contributed by atoms with E-state index < -0.39 is 5.97 Å². The van der Waals surface area contributed by atoms with Crippen molar-refractivity contribution in [2.75, 3.05) is 0 Å². The van der Waals surface area contributed by atoms with Gasteiger partial charge in [0.25, 0.3) is 0 Å². The van der Waals surface area contributed by atoms with Crippen molar-refractivity contribution in [2.24, 2.45) is 0 Å². The summed E-state index contributed by atoms with van der Waals surface area (Å²) in [6.45, 7) is 3.22. The highest BCUT2D eigenvalue weighted by Crippen LogP contribution is 1.99. The summed E-state index contributed by atoms with van der Waals surface area (Å²) in [6, 6.07) is 0. The van der Waals surface area contributed by atoms with Crippen LogP contribution >= 0.6 is 0 Å². The number of carboxylic acid groups (broad SMARTS) is 1. The third-order valence-corrected chi connectivity index (χ3v) is 2.29. The number of nitrogens with one attached hydrogen (secondary N) is 1. The number of carbonyl (C=O) groups is 2. The van der Waals surface area contributed by atoms with Crippen LogP contribution in [-0.2, 0) is 22.7 Å². The molecule has 0 saturated heterocycles. The van der Waals surface area contributed by atoms with Crippen molar-refractivity contribution >= 4 is 11.9 Å². The number of aryl methyl sites for hydroxylation is 1. The van der Waals surface area contributed by atoms with Gasteiger partial charge in [0.05, 0.1) is 6.20 Å². The zero-order valence-corrected chi connectivity index (χ0v) is 9.85. The Morgan fingerprint density at radius 1 is 1.47 bits per heavy atom. The molecule has 94 valence electrons. The lowest BCUT2D eigenvalue weighted by Gasteiger charge is -2.02. The fourth-order valence-electron chi connectivity index (χ4n) is 1.36. The predicted molar refractivity (Wildman–Crippen MR) is 61.2 cm³/mol. The number of carbonyl (C=O) groups excluding carboxylic acids is 1. The molecule has 0 bridgehead atoms. The van der Waals surface area contributed by atoms with E-state index in [1.165, 1.54) is 0 Å². The standard InChI is InChI=1S/C11H17N3O3/c1-2-14-8-9(7-13-14)6-12-10(15)4-3-5-11(16)17/h7-8H,2-6H2,1H3,(H,12,15)(H,16,17). The van der Waals surface area contributed by atoms with Gasteiger partial charge in [-0.05, 0) is 13.3 Å². The molecule has 0 spiro atoms. The average molecular weight is 239 g/mol. The smallest absolute Gasteiger partial charge is 0.303 e. The zero-order chi connectivity index (χ0) is 12.7. The Bertz CT molecular complexity index is 387. The quantitative estimate of drug-likeness (QED) is 0.736. The second-order valence-electron chi connectivity index (χ2n) is 3.73. The van der Waals surface area contributed by atoms with Crippen molar-refractivity contribution in [3.8, 4) is 0 Å². The summed E-state index contributed by atoms with van der Waals surface area (Å²) in [4.78, 5) is 21.6. The Balaban J connectivity index is 2.21. The first kappa shape index (κ1) is 13.2. The Hall–Kier alpha value is -1.85. The molecule has 0 radical (unpaired) electrons. The molecule has 1 aromatic heterocycles. The first-order chi connectivity index (χ1) is 8.11. The topological polar surface area (TPSA) is 84.2 Å². The maximum absolute atomic E-state index is 11.3. The lowest BCUT2D eigenvalue weighted by Crippen LogP contribution is -2.22. The van der Waals surface area contributed by atoms with Crippen LogP contribution in [0.25, 0.3) is 0 Å². The van der Waals surface area contributed by atoms with E-state index in [1.54, 1.807) is 10.9 Å². The number of nitrogens with zero attached hydrogens (tertiary/aromatic N) is 2. The fourth-order valence-corrected chi connectivity index (χ4v) is 1.36. The van der Waals surface area contributed by atoms with E-state index >= 15 is 0 Å². The third kappa shape index (κ3) is 5.14. The van der Waals surface area contributed by atoms with Gasteiger partial charge in [-0.25, -0.2) is 0 Å². The van der Waals surface area contributed by atoms with Crippen molar-refractivity contribution in [3.05, 3.63) is 18.0 Å². The molecule has 6 nitrogen and oxygen atoms in total. The number of amides is 1. The molecule has 1 rings (SSSR count). The SMILES string of the molecule is CCn1cc(CNC(=O)CCCC(=O)O)cn1. The van der Waals surface area contributed by atoms with Crippen molar-refractivity contribution < 1.29 is 14.7 Å². The minimum absolute atomic E-state index is 0.0290. The van der Waals surface area contributed by atoms with E-state index in [9.17, 15) is 9.59 Å². The van der Waals surface area contributed by atoms with Crippen LogP contribution in [0.1, 0.15) is 31.7 Å². The molecule has 0 saturated carbocycles. The average Bonchev–Trinajstić information content (AvgIpc) is 2.73. The molecule has 6 heteroatoms. The van der Waals surface area contributed by atoms with Gasteiger partial charge in [0, 0.05) is 37.7 Å². The van der Waals surface area contributed by atoms with Gasteiger partial charge in [0.1, 0.15) is 0 Å². The van der Waals surface area contributed by atoms with Crippen molar-refractivity contribution in [1.82, 2.24) is 15.1 Å². The Labute approximate surface area is 99.6 Å². The molecular weight excluding hydrogens is 222 g/mol. The van der Waals surface area contributed by atoms with Crippen molar-refractivity contribution in [3.63, 3.8) is 0 Å². The predicted octanol–water partition coefficient (Wildman–Crippen LogP) is 0.774. The number of hydrogen-bond acceptors (Lipinski definition) is 3. The fraction of sp³-hybridized carbons (Fsp3) is 0.545. The maximum Gasteiger partial charge on any atom is 0.303 e. The van der Waals surface area contributed by atoms with E-state index in [1.807, 2.05) is 13.1 Å². The number of aliphatic carboxylic acids is 1. The van der Waals surface area contributed by atoms with E-state index in [0.29, 0.717) is 13.0 Å². The first-order valence-electron chi connectivity index (χ1n) is 5.61. The largest absolute Gasteiger partial charge is 0.481 e. The third-order valence-electron chi connectivity index (χ3n) is 2.29. The van der Waals surface area contributed by atoms with Crippen LogP contribution in [0.2, 0.25) is 0 Å². The lowest BCUT2D eigenvalue weighted by atomic mass is 10.2. The maximum atomic E-state index is 11.3. The first-order valence-corrected chi connectivity index (χ1v) is 5.61. The van der Waals surface area contributed by atoms with E-state index in [0.717, 1.165) is 12.1 Å². The summed E-state index contributed by atoms with van der Waals surface area (Å²) >= 11 is 0. The monoisotopic (exact) mass is 239 g/mol. The second-order valence-corrected chi connectivity index (χ2v) is 3.73. The minimum atomic E-state index is -0.873. The summed E-state index contributed by atoms with van der Waals surface area (Å²) in [7, 11) is 0. The molecule has 0 aliphatic rings. The highest BCUT2D eigenvalue weighted by Gasteiger charge is 2.04. The van der Waals surface area contributed by atoms with Crippen LogP contribution in [-0.4, -0.2) is 26.8 Å². The summed E-state index contributed by atoms with van der Waals surface area (Å²) < 4.78 is 1.78. The van der Waals surface area contributed by atoms with Gasteiger partial charge in [-0.2, -0.15) is 5.10 Å². The van der Waals surface area contributed by atoms with Gasteiger partial charge in [0.15, 0.2) is 0 Å². The molecule has 0 atom stereocenters. The Morgan fingerprint density at radius 3 is 2.82 bits per heavy atom. The van der Waals surface area contributed by atoms with Crippen molar-refractivity contribution in [1.29, 1.82) is 0 Å². The Kier molecular flexibility index (Phi) is 5.19. The number of aromatic nitrogens is 2. The Morgan fingerprint density at radius 2 is 2.24 bits per heavy atom. The molecular formula is C11H17N3O3. The summed E-state index contributed by atoms with van der Waals surface area (Å²) in [5.74, 6) is -1.00. The highest BCUT2D eigenvalue weighted by molar-refractivity contribution is 5.76. The van der Waals surface area contributed by atoms with E-state index in [4.69, 9.17) is 5.11 Å². The van der Waals surface area contributed by atoms with Crippen LogP contribution in [0.3, 0.4) is 0 Å².